The first kappa shape index (κ1) is 13.9. The Morgan fingerprint density at radius 1 is 1.38 bits per heavy atom. The van der Waals surface area contributed by atoms with Gasteiger partial charge < -0.3 is 10.1 Å². The zero-order valence-corrected chi connectivity index (χ0v) is 10.9. The summed E-state index contributed by atoms with van der Waals surface area (Å²) in [6, 6.07) is 0. The van der Waals surface area contributed by atoms with E-state index in [1.807, 2.05) is 0 Å². The van der Waals surface area contributed by atoms with E-state index >= 15 is 0 Å². The van der Waals surface area contributed by atoms with E-state index in [2.05, 4.69) is 10.0 Å². The molecule has 0 bridgehead atoms. The van der Waals surface area contributed by atoms with Crippen molar-refractivity contribution in [2.45, 2.75) is 19.8 Å². The molecule has 0 atom stereocenters. The lowest BCUT2D eigenvalue weighted by molar-refractivity contribution is 0.0577. The van der Waals surface area contributed by atoms with E-state index < -0.39 is 10.0 Å². The third-order valence-electron chi connectivity index (χ3n) is 3.16. The molecule has 1 rings (SSSR count). The number of piperidine rings is 1. The van der Waals surface area contributed by atoms with Crippen molar-refractivity contribution in [3.05, 3.63) is 0 Å². The summed E-state index contributed by atoms with van der Waals surface area (Å²) in [7, 11) is -1.44. The topological polar surface area (TPSA) is 67.4 Å². The van der Waals surface area contributed by atoms with Crippen LogP contribution >= 0.6 is 0 Å². The van der Waals surface area contributed by atoms with E-state index in [1.54, 1.807) is 14.0 Å². The summed E-state index contributed by atoms with van der Waals surface area (Å²) in [6.07, 6.45) is 1.90. The fourth-order valence-electron chi connectivity index (χ4n) is 2.00. The monoisotopic (exact) mass is 250 g/mol. The SMILES string of the molecule is CCS(=O)(=O)NCC1(COC)CCNCC1. The molecule has 6 heteroatoms. The quantitative estimate of drug-likeness (QED) is 0.693. The fourth-order valence-corrected chi connectivity index (χ4v) is 2.73. The van der Waals surface area contributed by atoms with Gasteiger partial charge in [0, 0.05) is 19.1 Å². The predicted molar refractivity (Wildman–Crippen MR) is 63.9 cm³/mol. The molecule has 0 radical (unpaired) electrons. The van der Waals surface area contributed by atoms with E-state index in [0.29, 0.717) is 13.2 Å². The second-order valence-corrected chi connectivity index (χ2v) is 6.50. The maximum absolute atomic E-state index is 11.4. The van der Waals surface area contributed by atoms with Crippen LogP contribution in [0.15, 0.2) is 0 Å². The minimum Gasteiger partial charge on any atom is -0.384 e. The largest absolute Gasteiger partial charge is 0.384 e. The first-order valence-electron chi connectivity index (χ1n) is 5.71. The first-order valence-corrected chi connectivity index (χ1v) is 7.36. The minimum absolute atomic E-state index is 0.0394. The van der Waals surface area contributed by atoms with Crippen molar-refractivity contribution in [1.29, 1.82) is 0 Å². The molecule has 5 nitrogen and oxygen atoms in total. The normalized spacial score (nSPS) is 20.9. The molecule has 0 amide bonds. The molecular weight excluding hydrogens is 228 g/mol. The number of rotatable bonds is 6. The van der Waals surface area contributed by atoms with Gasteiger partial charge in [-0.15, -0.1) is 0 Å². The average molecular weight is 250 g/mol. The maximum Gasteiger partial charge on any atom is 0.211 e. The molecule has 1 fully saturated rings. The second kappa shape index (κ2) is 5.95. The predicted octanol–water partition coefficient (Wildman–Crippen LogP) is -0.0581. The van der Waals surface area contributed by atoms with Gasteiger partial charge in [-0.25, -0.2) is 13.1 Å². The van der Waals surface area contributed by atoms with Gasteiger partial charge in [0.05, 0.1) is 12.4 Å². The van der Waals surface area contributed by atoms with Crippen molar-refractivity contribution >= 4 is 10.0 Å². The highest BCUT2D eigenvalue weighted by Gasteiger charge is 2.32. The summed E-state index contributed by atoms with van der Waals surface area (Å²) in [5.41, 5.74) is -0.0394. The Morgan fingerprint density at radius 2 is 2.00 bits per heavy atom. The lowest BCUT2D eigenvalue weighted by atomic mass is 9.80. The molecule has 0 aromatic heterocycles. The summed E-state index contributed by atoms with van der Waals surface area (Å²) in [5.74, 6) is 0.133. The van der Waals surface area contributed by atoms with Gasteiger partial charge in [-0.2, -0.15) is 0 Å². The van der Waals surface area contributed by atoms with Crippen molar-refractivity contribution in [2.75, 3.05) is 39.1 Å². The van der Waals surface area contributed by atoms with E-state index in [-0.39, 0.29) is 11.2 Å². The first-order chi connectivity index (χ1) is 7.54. The zero-order chi connectivity index (χ0) is 12.1. The fraction of sp³-hybridized carbons (Fsp3) is 1.00. The van der Waals surface area contributed by atoms with Crippen LogP contribution in [0.5, 0.6) is 0 Å². The van der Waals surface area contributed by atoms with Crippen molar-refractivity contribution in [3.63, 3.8) is 0 Å². The summed E-state index contributed by atoms with van der Waals surface area (Å²) < 4.78 is 30.7. The Balaban J connectivity index is 2.57. The summed E-state index contributed by atoms with van der Waals surface area (Å²) in [6.45, 7) is 4.60. The van der Waals surface area contributed by atoms with Gasteiger partial charge in [-0.3, -0.25) is 0 Å². The molecule has 0 aromatic rings. The molecule has 0 aliphatic carbocycles. The van der Waals surface area contributed by atoms with Crippen LogP contribution in [0, 0.1) is 5.41 Å². The number of sulfonamides is 1. The number of nitrogens with one attached hydrogen (secondary N) is 2. The number of hydrogen-bond acceptors (Lipinski definition) is 4. The van der Waals surface area contributed by atoms with Crippen LogP contribution in [0.1, 0.15) is 19.8 Å². The maximum atomic E-state index is 11.4. The van der Waals surface area contributed by atoms with Gasteiger partial charge in [-0.1, -0.05) is 0 Å². The molecular formula is C10H22N2O3S. The molecule has 0 saturated carbocycles. The van der Waals surface area contributed by atoms with Gasteiger partial charge in [0.15, 0.2) is 0 Å². The highest BCUT2D eigenvalue weighted by Crippen LogP contribution is 2.28. The number of ether oxygens (including phenoxy) is 1. The van der Waals surface area contributed by atoms with Crippen molar-refractivity contribution in [2.24, 2.45) is 5.41 Å². The van der Waals surface area contributed by atoms with Crippen LogP contribution in [0.4, 0.5) is 0 Å². The van der Waals surface area contributed by atoms with E-state index in [9.17, 15) is 8.42 Å². The van der Waals surface area contributed by atoms with Crippen LogP contribution in [-0.2, 0) is 14.8 Å². The van der Waals surface area contributed by atoms with Crippen LogP contribution in [0.2, 0.25) is 0 Å². The molecule has 2 N–H and O–H groups in total. The third kappa shape index (κ3) is 4.01. The van der Waals surface area contributed by atoms with Gasteiger partial charge in [-0.05, 0) is 32.9 Å². The Bertz CT molecular complexity index is 292. The minimum atomic E-state index is -3.10. The highest BCUT2D eigenvalue weighted by atomic mass is 32.2. The van der Waals surface area contributed by atoms with E-state index in [4.69, 9.17) is 4.74 Å². The summed E-state index contributed by atoms with van der Waals surface area (Å²) >= 11 is 0. The Labute approximate surface area is 98.0 Å². The molecule has 0 aromatic carbocycles. The summed E-state index contributed by atoms with van der Waals surface area (Å²) in [4.78, 5) is 0. The van der Waals surface area contributed by atoms with E-state index in [0.717, 1.165) is 25.9 Å². The van der Waals surface area contributed by atoms with Crippen molar-refractivity contribution in [1.82, 2.24) is 10.0 Å². The number of methoxy groups -OCH3 is 1. The lowest BCUT2D eigenvalue weighted by Gasteiger charge is -2.37. The smallest absolute Gasteiger partial charge is 0.211 e. The van der Waals surface area contributed by atoms with Crippen LogP contribution in [0.3, 0.4) is 0 Å². The zero-order valence-electron chi connectivity index (χ0n) is 10.1. The second-order valence-electron chi connectivity index (χ2n) is 4.41. The van der Waals surface area contributed by atoms with Crippen molar-refractivity contribution < 1.29 is 13.2 Å². The molecule has 1 aliphatic rings. The van der Waals surface area contributed by atoms with Gasteiger partial charge in [0.25, 0.3) is 0 Å². The van der Waals surface area contributed by atoms with E-state index in [1.165, 1.54) is 0 Å². The van der Waals surface area contributed by atoms with Crippen LogP contribution in [0.25, 0.3) is 0 Å². The molecule has 0 unspecified atom stereocenters. The summed E-state index contributed by atoms with van der Waals surface area (Å²) in [5, 5.41) is 3.28. The Kier molecular flexibility index (Phi) is 5.17. The van der Waals surface area contributed by atoms with Gasteiger partial charge in [0.2, 0.25) is 10.0 Å². The van der Waals surface area contributed by atoms with Crippen LogP contribution < -0.4 is 10.0 Å². The lowest BCUT2D eigenvalue weighted by Crippen LogP contribution is -2.47. The molecule has 16 heavy (non-hydrogen) atoms. The third-order valence-corrected chi connectivity index (χ3v) is 4.51. The average Bonchev–Trinajstić information content (AvgIpc) is 2.29. The van der Waals surface area contributed by atoms with Crippen molar-refractivity contribution in [3.8, 4) is 0 Å². The highest BCUT2D eigenvalue weighted by molar-refractivity contribution is 7.89. The molecule has 1 aliphatic heterocycles. The Hall–Kier alpha value is -0.170. The van der Waals surface area contributed by atoms with Gasteiger partial charge in [0.1, 0.15) is 0 Å². The van der Waals surface area contributed by atoms with Gasteiger partial charge >= 0.3 is 0 Å². The standard InChI is InChI=1S/C10H22N2O3S/c1-3-16(13,14)12-8-10(9-15-2)4-6-11-7-5-10/h11-12H,3-9H2,1-2H3. The Morgan fingerprint density at radius 3 is 2.50 bits per heavy atom. The molecule has 1 saturated heterocycles. The molecule has 1 heterocycles. The van der Waals surface area contributed by atoms with Crippen LogP contribution in [-0.4, -0.2) is 47.5 Å². The number of hydrogen-bond donors (Lipinski definition) is 2. The molecule has 96 valence electrons. The molecule has 0 spiro atoms.